The first kappa shape index (κ1) is 16.8. The molecule has 0 radical (unpaired) electrons. The van der Waals surface area contributed by atoms with E-state index in [2.05, 4.69) is 55.7 Å². The summed E-state index contributed by atoms with van der Waals surface area (Å²) in [5.74, 6) is 0.729. The number of hydrogen-bond donors (Lipinski definition) is 2. The maximum absolute atomic E-state index is 5.69. The third kappa shape index (κ3) is 3.79. The SMILES string of the molecule is Brc1ccc(N2CCC(NC3CCCC3C3COCCN3)C2)cc1. The molecule has 2 saturated heterocycles. The van der Waals surface area contributed by atoms with E-state index in [0.717, 1.165) is 43.2 Å². The van der Waals surface area contributed by atoms with E-state index >= 15 is 0 Å². The van der Waals surface area contributed by atoms with E-state index in [-0.39, 0.29) is 0 Å². The van der Waals surface area contributed by atoms with Crippen LogP contribution in [0.3, 0.4) is 0 Å². The van der Waals surface area contributed by atoms with Crippen molar-refractivity contribution in [2.45, 2.75) is 43.8 Å². The van der Waals surface area contributed by atoms with Crippen LogP contribution < -0.4 is 15.5 Å². The molecule has 1 aromatic carbocycles. The van der Waals surface area contributed by atoms with Crippen LogP contribution >= 0.6 is 15.9 Å². The number of nitrogens with one attached hydrogen (secondary N) is 2. The van der Waals surface area contributed by atoms with Gasteiger partial charge in [-0.3, -0.25) is 0 Å². The number of rotatable bonds is 4. The lowest BCUT2D eigenvalue weighted by Crippen LogP contribution is -2.52. The fourth-order valence-electron chi connectivity index (χ4n) is 4.62. The number of anilines is 1. The molecule has 2 aliphatic heterocycles. The first-order valence-electron chi connectivity index (χ1n) is 9.37. The van der Waals surface area contributed by atoms with E-state index in [1.807, 2.05) is 0 Å². The highest BCUT2D eigenvalue weighted by atomic mass is 79.9. The van der Waals surface area contributed by atoms with Gasteiger partial charge in [0.25, 0.3) is 0 Å². The smallest absolute Gasteiger partial charge is 0.0623 e. The summed E-state index contributed by atoms with van der Waals surface area (Å²) in [7, 11) is 0. The van der Waals surface area contributed by atoms with Crippen molar-refractivity contribution in [3.8, 4) is 0 Å². The lowest BCUT2D eigenvalue weighted by Gasteiger charge is -2.34. The Hall–Kier alpha value is -0.620. The van der Waals surface area contributed by atoms with Crippen LogP contribution in [0.4, 0.5) is 5.69 Å². The summed E-state index contributed by atoms with van der Waals surface area (Å²) >= 11 is 3.52. The van der Waals surface area contributed by atoms with E-state index < -0.39 is 0 Å². The minimum absolute atomic E-state index is 0.544. The molecule has 4 rings (SSSR count). The third-order valence-electron chi connectivity index (χ3n) is 5.87. The second-order valence-electron chi connectivity index (χ2n) is 7.41. The van der Waals surface area contributed by atoms with Crippen LogP contribution in [0.25, 0.3) is 0 Å². The minimum atomic E-state index is 0.544. The number of morpholine rings is 1. The van der Waals surface area contributed by atoms with Crippen molar-refractivity contribution in [1.29, 1.82) is 0 Å². The van der Waals surface area contributed by atoms with E-state index in [9.17, 15) is 0 Å². The molecule has 0 aromatic heterocycles. The largest absolute Gasteiger partial charge is 0.379 e. The van der Waals surface area contributed by atoms with Gasteiger partial charge in [0.15, 0.2) is 0 Å². The van der Waals surface area contributed by atoms with Gasteiger partial charge in [0.1, 0.15) is 0 Å². The predicted molar refractivity (Wildman–Crippen MR) is 102 cm³/mol. The van der Waals surface area contributed by atoms with Gasteiger partial charge in [-0.15, -0.1) is 0 Å². The average molecular weight is 394 g/mol. The highest BCUT2D eigenvalue weighted by Gasteiger charge is 2.36. The Morgan fingerprint density at radius 3 is 2.83 bits per heavy atom. The molecule has 0 amide bonds. The molecule has 3 aliphatic rings. The van der Waals surface area contributed by atoms with Crippen LogP contribution in [0.5, 0.6) is 0 Å². The van der Waals surface area contributed by atoms with Gasteiger partial charge in [-0.05, 0) is 49.4 Å². The number of ether oxygens (including phenoxy) is 1. The molecule has 5 heteroatoms. The lowest BCUT2D eigenvalue weighted by atomic mass is 9.93. The first-order valence-corrected chi connectivity index (χ1v) is 10.2. The summed E-state index contributed by atoms with van der Waals surface area (Å²) in [5.41, 5.74) is 1.34. The van der Waals surface area contributed by atoms with Crippen molar-refractivity contribution in [3.05, 3.63) is 28.7 Å². The standard InChI is InChI=1S/C19H28BrN3O/c20-14-4-6-16(7-5-14)23-10-8-15(12-23)22-18-3-1-2-17(18)19-13-24-11-9-21-19/h4-7,15,17-19,21-22H,1-3,8-13H2. The van der Waals surface area contributed by atoms with Gasteiger partial charge in [0, 0.05) is 47.9 Å². The first-order chi connectivity index (χ1) is 11.8. The summed E-state index contributed by atoms with van der Waals surface area (Å²) in [6.07, 6.45) is 5.25. The molecule has 24 heavy (non-hydrogen) atoms. The maximum atomic E-state index is 5.69. The van der Waals surface area contributed by atoms with E-state index in [4.69, 9.17) is 4.74 Å². The Labute approximate surface area is 153 Å². The van der Waals surface area contributed by atoms with Crippen molar-refractivity contribution in [2.75, 3.05) is 37.7 Å². The maximum Gasteiger partial charge on any atom is 0.0623 e. The molecule has 4 nitrogen and oxygen atoms in total. The Bertz CT molecular complexity index is 532. The second kappa shape index (κ2) is 7.73. The zero-order valence-electron chi connectivity index (χ0n) is 14.2. The Kier molecular flexibility index (Phi) is 5.42. The van der Waals surface area contributed by atoms with Crippen LogP contribution in [-0.4, -0.2) is 51.0 Å². The van der Waals surface area contributed by atoms with Crippen LogP contribution in [0.2, 0.25) is 0 Å². The topological polar surface area (TPSA) is 36.5 Å². The zero-order chi connectivity index (χ0) is 16.4. The second-order valence-corrected chi connectivity index (χ2v) is 8.33. The van der Waals surface area contributed by atoms with Crippen molar-refractivity contribution < 1.29 is 4.74 Å². The lowest BCUT2D eigenvalue weighted by molar-refractivity contribution is 0.0518. The van der Waals surface area contributed by atoms with Crippen LogP contribution in [-0.2, 0) is 4.74 Å². The zero-order valence-corrected chi connectivity index (χ0v) is 15.8. The molecule has 4 atom stereocenters. The highest BCUT2D eigenvalue weighted by molar-refractivity contribution is 9.10. The summed E-state index contributed by atoms with van der Waals surface area (Å²) in [6, 6.07) is 10.5. The van der Waals surface area contributed by atoms with Gasteiger partial charge < -0.3 is 20.3 Å². The average Bonchev–Trinajstić information content (AvgIpc) is 3.26. The normalized spacial score (nSPS) is 34.0. The summed E-state index contributed by atoms with van der Waals surface area (Å²) in [4.78, 5) is 2.51. The molecular weight excluding hydrogens is 366 g/mol. The Morgan fingerprint density at radius 1 is 1.17 bits per heavy atom. The number of nitrogens with zero attached hydrogens (tertiary/aromatic N) is 1. The summed E-state index contributed by atoms with van der Waals surface area (Å²) in [5, 5.41) is 7.67. The number of hydrogen-bond acceptors (Lipinski definition) is 4. The van der Waals surface area contributed by atoms with Crippen LogP contribution in [0.15, 0.2) is 28.7 Å². The van der Waals surface area contributed by atoms with Gasteiger partial charge in [-0.25, -0.2) is 0 Å². The van der Waals surface area contributed by atoms with Crippen molar-refractivity contribution in [1.82, 2.24) is 10.6 Å². The minimum Gasteiger partial charge on any atom is -0.379 e. The molecule has 2 heterocycles. The number of benzene rings is 1. The van der Waals surface area contributed by atoms with Gasteiger partial charge in [0.2, 0.25) is 0 Å². The fraction of sp³-hybridized carbons (Fsp3) is 0.684. The molecule has 132 valence electrons. The summed E-state index contributed by atoms with van der Waals surface area (Å²) in [6.45, 7) is 5.04. The summed E-state index contributed by atoms with van der Waals surface area (Å²) < 4.78 is 6.84. The van der Waals surface area contributed by atoms with E-state index in [0.29, 0.717) is 18.1 Å². The Morgan fingerprint density at radius 2 is 2.04 bits per heavy atom. The molecule has 1 saturated carbocycles. The van der Waals surface area contributed by atoms with Gasteiger partial charge >= 0.3 is 0 Å². The van der Waals surface area contributed by atoms with Crippen LogP contribution in [0, 0.1) is 5.92 Å². The highest BCUT2D eigenvalue weighted by Crippen LogP contribution is 2.31. The molecular formula is C19H28BrN3O. The van der Waals surface area contributed by atoms with Crippen molar-refractivity contribution in [3.63, 3.8) is 0 Å². The predicted octanol–water partition coefficient (Wildman–Crippen LogP) is 2.77. The van der Waals surface area contributed by atoms with Crippen LogP contribution in [0.1, 0.15) is 25.7 Å². The van der Waals surface area contributed by atoms with Gasteiger partial charge in [0.05, 0.1) is 13.2 Å². The molecule has 3 fully saturated rings. The molecule has 2 N–H and O–H groups in total. The van der Waals surface area contributed by atoms with E-state index in [1.54, 1.807) is 0 Å². The Balaban J connectivity index is 1.33. The van der Waals surface area contributed by atoms with Crippen molar-refractivity contribution in [2.24, 2.45) is 5.92 Å². The quantitative estimate of drug-likeness (QED) is 0.824. The molecule has 0 bridgehead atoms. The van der Waals surface area contributed by atoms with Crippen molar-refractivity contribution >= 4 is 21.6 Å². The fourth-order valence-corrected chi connectivity index (χ4v) is 4.89. The third-order valence-corrected chi connectivity index (χ3v) is 6.40. The molecule has 4 unspecified atom stereocenters. The van der Waals surface area contributed by atoms with E-state index in [1.165, 1.54) is 31.4 Å². The van der Waals surface area contributed by atoms with Gasteiger partial charge in [-0.2, -0.15) is 0 Å². The number of halogens is 1. The monoisotopic (exact) mass is 393 g/mol. The molecule has 0 spiro atoms. The molecule has 1 aliphatic carbocycles. The van der Waals surface area contributed by atoms with Gasteiger partial charge in [-0.1, -0.05) is 22.4 Å². The molecule has 1 aromatic rings.